The monoisotopic (exact) mass is 351 g/mol. The summed E-state index contributed by atoms with van der Waals surface area (Å²) in [7, 11) is 0. The van der Waals surface area contributed by atoms with E-state index in [1.54, 1.807) is 5.38 Å². The zero-order valence-corrected chi connectivity index (χ0v) is 14.1. The van der Waals surface area contributed by atoms with Crippen molar-refractivity contribution in [1.82, 2.24) is 10.2 Å². The van der Waals surface area contributed by atoms with E-state index < -0.39 is 11.9 Å². The van der Waals surface area contributed by atoms with Crippen molar-refractivity contribution in [2.45, 2.75) is 37.8 Å². The van der Waals surface area contributed by atoms with Gasteiger partial charge in [-0.15, -0.1) is 11.3 Å². The van der Waals surface area contributed by atoms with Crippen LogP contribution < -0.4 is 11.1 Å². The SMILES string of the molecule is NC(=O)c1csc(C(=O)NC2CC(N(CC(=O)O)CC3CC3)C2)c1. The fourth-order valence-electron chi connectivity index (χ4n) is 2.99. The van der Waals surface area contributed by atoms with Crippen LogP contribution in [0.5, 0.6) is 0 Å². The Morgan fingerprint density at radius 3 is 2.58 bits per heavy atom. The van der Waals surface area contributed by atoms with E-state index in [2.05, 4.69) is 5.32 Å². The summed E-state index contributed by atoms with van der Waals surface area (Å²) >= 11 is 1.19. The number of carboxylic acid groups (broad SMARTS) is 1. The molecule has 7 nitrogen and oxygen atoms in total. The van der Waals surface area contributed by atoms with Crippen LogP contribution in [0, 0.1) is 5.92 Å². The highest BCUT2D eigenvalue weighted by molar-refractivity contribution is 7.12. The minimum atomic E-state index is -0.805. The van der Waals surface area contributed by atoms with E-state index in [-0.39, 0.29) is 24.5 Å². The molecule has 1 heterocycles. The van der Waals surface area contributed by atoms with Gasteiger partial charge in [-0.2, -0.15) is 0 Å². The zero-order valence-electron chi connectivity index (χ0n) is 13.2. The van der Waals surface area contributed by atoms with Crippen LogP contribution in [0.4, 0.5) is 0 Å². The van der Waals surface area contributed by atoms with Crippen molar-refractivity contribution in [3.8, 4) is 0 Å². The van der Waals surface area contributed by atoms with Gasteiger partial charge in [-0.05, 0) is 37.7 Å². The van der Waals surface area contributed by atoms with E-state index in [9.17, 15) is 14.4 Å². The van der Waals surface area contributed by atoms with Gasteiger partial charge in [0.25, 0.3) is 5.91 Å². The van der Waals surface area contributed by atoms with E-state index in [0.29, 0.717) is 16.4 Å². The Morgan fingerprint density at radius 2 is 2.04 bits per heavy atom. The van der Waals surface area contributed by atoms with Crippen LogP contribution in [0.2, 0.25) is 0 Å². The molecule has 4 N–H and O–H groups in total. The van der Waals surface area contributed by atoms with Gasteiger partial charge in [0.05, 0.1) is 17.0 Å². The maximum Gasteiger partial charge on any atom is 0.317 e. The maximum atomic E-state index is 12.2. The summed E-state index contributed by atoms with van der Waals surface area (Å²) in [5.74, 6) is -0.918. The number of nitrogens with zero attached hydrogens (tertiary/aromatic N) is 1. The number of carbonyl (C=O) groups excluding carboxylic acids is 2. The first kappa shape index (κ1) is 16.9. The van der Waals surface area contributed by atoms with Gasteiger partial charge in [-0.1, -0.05) is 0 Å². The molecule has 1 aromatic heterocycles. The van der Waals surface area contributed by atoms with E-state index in [4.69, 9.17) is 10.8 Å². The molecule has 0 radical (unpaired) electrons. The first-order chi connectivity index (χ1) is 11.4. The lowest BCUT2D eigenvalue weighted by Crippen LogP contribution is -2.55. The number of hydrogen-bond donors (Lipinski definition) is 3. The minimum absolute atomic E-state index is 0.0529. The molecule has 24 heavy (non-hydrogen) atoms. The summed E-state index contributed by atoms with van der Waals surface area (Å²) < 4.78 is 0. The minimum Gasteiger partial charge on any atom is -0.480 e. The quantitative estimate of drug-likeness (QED) is 0.644. The number of aliphatic carboxylic acids is 1. The molecule has 0 saturated heterocycles. The number of nitrogens with one attached hydrogen (secondary N) is 1. The molecular formula is C16H21N3O4S. The zero-order chi connectivity index (χ0) is 17.3. The van der Waals surface area contributed by atoms with Crippen LogP contribution in [-0.4, -0.2) is 53.0 Å². The Kier molecular flexibility index (Phi) is 4.86. The first-order valence-electron chi connectivity index (χ1n) is 8.07. The van der Waals surface area contributed by atoms with E-state index in [1.807, 2.05) is 4.90 Å². The number of hydrogen-bond acceptors (Lipinski definition) is 5. The smallest absolute Gasteiger partial charge is 0.317 e. The van der Waals surface area contributed by atoms with E-state index in [1.165, 1.54) is 30.2 Å². The van der Waals surface area contributed by atoms with Gasteiger partial charge in [0.2, 0.25) is 5.91 Å². The summed E-state index contributed by atoms with van der Waals surface area (Å²) in [6.45, 7) is 0.902. The van der Waals surface area contributed by atoms with Crippen molar-refractivity contribution in [3.63, 3.8) is 0 Å². The van der Waals surface area contributed by atoms with Crippen LogP contribution in [0.3, 0.4) is 0 Å². The van der Waals surface area contributed by atoms with Crippen LogP contribution in [0.1, 0.15) is 45.7 Å². The molecule has 2 aliphatic rings. The Labute approximate surface area is 143 Å². The molecular weight excluding hydrogens is 330 g/mol. The molecule has 0 spiro atoms. The lowest BCUT2D eigenvalue weighted by Gasteiger charge is -2.42. The molecule has 2 fully saturated rings. The number of carbonyl (C=O) groups is 3. The van der Waals surface area contributed by atoms with Crippen LogP contribution in [-0.2, 0) is 4.79 Å². The van der Waals surface area contributed by atoms with Crippen LogP contribution in [0.15, 0.2) is 11.4 Å². The lowest BCUT2D eigenvalue weighted by molar-refractivity contribution is -0.139. The molecule has 0 aliphatic heterocycles. The molecule has 8 heteroatoms. The van der Waals surface area contributed by atoms with Gasteiger partial charge in [-0.3, -0.25) is 19.3 Å². The molecule has 130 valence electrons. The van der Waals surface area contributed by atoms with Gasteiger partial charge >= 0.3 is 5.97 Å². The molecule has 2 amide bonds. The fraction of sp³-hybridized carbons (Fsp3) is 0.562. The van der Waals surface area contributed by atoms with Gasteiger partial charge < -0.3 is 16.2 Å². The van der Waals surface area contributed by atoms with Gasteiger partial charge in [0, 0.05) is 24.0 Å². The highest BCUT2D eigenvalue weighted by Gasteiger charge is 2.37. The molecule has 3 rings (SSSR count). The van der Waals surface area contributed by atoms with Crippen molar-refractivity contribution in [1.29, 1.82) is 0 Å². The first-order valence-corrected chi connectivity index (χ1v) is 8.95. The Hall–Kier alpha value is -1.93. The Bertz CT molecular complexity index is 650. The summed E-state index contributed by atoms with van der Waals surface area (Å²) in [5.41, 5.74) is 5.53. The van der Waals surface area contributed by atoms with Crippen molar-refractivity contribution in [2.75, 3.05) is 13.1 Å². The van der Waals surface area contributed by atoms with Crippen LogP contribution in [0.25, 0.3) is 0 Å². The van der Waals surface area contributed by atoms with E-state index >= 15 is 0 Å². The second kappa shape index (κ2) is 6.90. The summed E-state index contributed by atoms with van der Waals surface area (Å²) in [4.78, 5) is 36.7. The highest BCUT2D eigenvalue weighted by Crippen LogP contribution is 2.33. The molecule has 0 aromatic carbocycles. The van der Waals surface area contributed by atoms with Gasteiger partial charge in [-0.25, -0.2) is 0 Å². The van der Waals surface area contributed by atoms with Gasteiger partial charge in [0.1, 0.15) is 0 Å². The third-order valence-electron chi connectivity index (χ3n) is 4.60. The standard InChI is InChI=1S/C16H21N3O4S/c17-15(22)10-3-13(24-8-10)16(23)18-11-4-12(5-11)19(7-14(20)21)6-9-1-2-9/h3,8-9,11-12H,1-2,4-7H2,(H2,17,22)(H,18,23)(H,20,21). The molecule has 0 bridgehead atoms. The number of amides is 2. The normalized spacial score (nSPS) is 22.9. The predicted molar refractivity (Wildman–Crippen MR) is 89.0 cm³/mol. The van der Waals surface area contributed by atoms with Crippen molar-refractivity contribution >= 4 is 29.1 Å². The average Bonchev–Trinajstić information content (AvgIpc) is 3.13. The predicted octanol–water partition coefficient (Wildman–Crippen LogP) is 0.904. The molecule has 0 unspecified atom stereocenters. The summed E-state index contributed by atoms with van der Waals surface area (Å²) in [5, 5.41) is 13.6. The number of rotatable bonds is 8. The van der Waals surface area contributed by atoms with Crippen molar-refractivity contribution in [3.05, 3.63) is 21.9 Å². The van der Waals surface area contributed by atoms with Gasteiger partial charge in [0.15, 0.2) is 0 Å². The van der Waals surface area contributed by atoms with Crippen molar-refractivity contribution < 1.29 is 19.5 Å². The Balaban J connectivity index is 1.48. The second-order valence-corrected chi connectivity index (χ2v) is 7.54. The Morgan fingerprint density at radius 1 is 1.33 bits per heavy atom. The topological polar surface area (TPSA) is 113 Å². The lowest BCUT2D eigenvalue weighted by atomic mass is 9.85. The number of primary amides is 1. The number of carboxylic acids is 1. The molecule has 2 saturated carbocycles. The largest absolute Gasteiger partial charge is 0.480 e. The third kappa shape index (κ3) is 4.12. The number of thiophene rings is 1. The van der Waals surface area contributed by atoms with Crippen LogP contribution >= 0.6 is 11.3 Å². The van der Waals surface area contributed by atoms with Crippen molar-refractivity contribution in [2.24, 2.45) is 11.7 Å². The summed E-state index contributed by atoms with van der Waals surface area (Å²) in [6, 6.07) is 1.77. The summed E-state index contributed by atoms with van der Waals surface area (Å²) in [6.07, 6.45) is 3.90. The maximum absolute atomic E-state index is 12.2. The average molecular weight is 351 g/mol. The molecule has 2 aliphatic carbocycles. The number of nitrogens with two attached hydrogens (primary N) is 1. The fourth-order valence-corrected chi connectivity index (χ4v) is 3.79. The molecule has 0 atom stereocenters. The van der Waals surface area contributed by atoms with E-state index in [0.717, 1.165) is 19.4 Å². The third-order valence-corrected chi connectivity index (χ3v) is 5.53. The molecule has 1 aromatic rings. The highest BCUT2D eigenvalue weighted by atomic mass is 32.1. The second-order valence-electron chi connectivity index (χ2n) is 6.63.